The number of hydrogen-bond donors (Lipinski definition) is 1. The summed E-state index contributed by atoms with van der Waals surface area (Å²) in [6.45, 7) is 3.39. The first-order valence-electron chi connectivity index (χ1n) is 6.03. The van der Waals surface area contributed by atoms with Crippen LogP contribution in [0.5, 0.6) is 0 Å². The molecule has 1 N–H and O–H groups in total. The summed E-state index contributed by atoms with van der Waals surface area (Å²) in [5.74, 6) is -0.0142. The van der Waals surface area contributed by atoms with Crippen molar-refractivity contribution >= 4 is 40.9 Å². The Labute approximate surface area is 136 Å². The van der Waals surface area contributed by atoms with Crippen LogP contribution in [0.2, 0.25) is 10.0 Å². The standard InChI is InChI=1S/C14H12Cl2N2O2S/c1-7-12(14(19)20)13(18-8(2)17-7)21-6-9-5-10(15)3-4-11(9)16/h3-5H,6H2,1-2H3,(H,19,20). The molecule has 0 atom stereocenters. The molecule has 110 valence electrons. The van der Waals surface area contributed by atoms with Crippen LogP contribution in [0.1, 0.15) is 27.4 Å². The lowest BCUT2D eigenvalue weighted by atomic mass is 10.2. The van der Waals surface area contributed by atoms with E-state index in [0.29, 0.717) is 32.3 Å². The second-order valence-corrected chi connectivity index (χ2v) is 6.17. The lowest BCUT2D eigenvalue weighted by molar-refractivity contribution is 0.0690. The zero-order valence-electron chi connectivity index (χ0n) is 11.4. The van der Waals surface area contributed by atoms with E-state index in [9.17, 15) is 9.90 Å². The van der Waals surface area contributed by atoms with Crippen LogP contribution in [-0.2, 0) is 5.75 Å². The monoisotopic (exact) mass is 342 g/mol. The molecule has 7 heteroatoms. The lowest BCUT2D eigenvalue weighted by Crippen LogP contribution is -2.08. The molecule has 21 heavy (non-hydrogen) atoms. The van der Waals surface area contributed by atoms with Gasteiger partial charge in [-0.1, -0.05) is 23.2 Å². The molecule has 1 heterocycles. The SMILES string of the molecule is Cc1nc(C)c(C(=O)O)c(SCc2cc(Cl)ccc2Cl)n1. The van der Waals surface area contributed by atoms with Gasteiger partial charge in [-0.15, -0.1) is 11.8 Å². The number of aromatic carboxylic acids is 1. The average Bonchev–Trinajstić information content (AvgIpc) is 2.38. The summed E-state index contributed by atoms with van der Waals surface area (Å²) in [6.07, 6.45) is 0. The van der Waals surface area contributed by atoms with E-state index in [1.807, 2.05) is 0 Å². The summed E-state index contributed by atoms with van der Waals surface area (Å²) in [5.41, 5.74) is 1.41. The van der Waals surface area contributed by atoms with Gasteiger partial charge < -0.3 is 5.11 Å². The van der Waals surface area contributed by atoms with Crippen molar-refractivity contribution in [3.63, 3.8) is 0 Å². The molecule has 2 aromatic rings. The van der Waals surface area contributed by atoms with Crippen LogP contribution >= 0.6 is 35.0 Å². The highest BCUT2D eigenvalue weighted by atomic mass is 35.5. The van der Waals surface area contributed by atoms with Crippen molar-refractivity contribution in [1.82, 2.24) is 9.97 Å². The maximum atomic E-state index is 11.3. The van der Waals surface area contributed by atoms with E-state index < -0.39 is 5.97 Å². The van der Waals surface area contributed by atoms with E-state index in [-0.39, 0.29) is 5.56 Å². The van der Waals surface area contributed by atoms with Gasteiger partial charge in [0.1, 0.15) is 16.4 Å². The Bertz CT molecular complexity index is 708. The first-order chi connectivity index (χ1) is 9.88. The molecule has 1 aromatic carbocycles. The summed E-state index contributed by atoms with van der Waals surface area (Å²) in [5, 5.41) is 10.9. The molecule has 0 aliphatic carbocycles. The van der Waals surface area contributed by atoms with Gasteiger partial charge in [0, 0.05) is 15.8 Å². The van der Waals surface area contributed by atoms with Crippen LogP contribution in [0.4, 0.5) is 0 Å². The van der Waals surface area contributed by atoms with Crippen LogP contribution < -0.4 is 0 Å². The molecule has 4 nitrogen and oxygen atoms in total. The largest absolute Gasteiger partial charge is 0.478 e. The van der Waals surface area contributed by atoms with Gasteiger partial charge in [-0.2, -0.15) is 0 Å². The second-order valence-electron chi connectivity index (χ2n) is 4.37. The zero-order valence-corrected chi connectivity index (χ0v) is 13.7. The second kappa shape index (κ2) is 6.64. The third kappa shape index (κ3) is 3.87. The minimum atomic E-state index is -1.04. The van der Waals surface area contributed by atoms with E-state index in [2.05, 4.69) is 9.97 Å². The van der Waals surface area contributed by atoms with Crippen molar-refractivity contribution < 1.29 is 9.90 Å². The fraction of sp³-hybridized carbons (Fsp3) is 0.214. The number of rotatable bonds is 4. The number of benzene rings is 1. The van der Waals surface area contributed by atoms with E-state index >= 15 is 0 Å². The molecule has 0 bridgehead atoms. The van der Waals surface area contributed by atoms with Gasteiger partial charge in [0.2, 0.25) is 0 Å². The van der Waals surface area contributed by atoms with Gasteiger partial charge in [0.15, 0.2) is 0 Å². The smallest absolute Gasteiger partial charge is 0.340 e. The highest BCUT2D eigenvalue weighted by Gasteiger charge is 2.17. The number of hydrogen-bond acceptors (Lipinski definition) is 4. The minimum Gasteiger partial charge on any atom is -0.478 e. The van der Waals surface area contributed by atoms with Crippen molar-refractivity contribution in [1.29, 1.82) is 0 Å². The van der Waals surface area contributed by atoms with Crippen LogP contribution in [0, 0.1) is 13.8 Å². The normalized spacial score (nSPS) is 10.7. The Morgan fingerprint density at radius 1 is 1.29 bits per heavy atom. The molecule has 0 saturated carbocycles. The topological polar surface area (TPSA) is 63.1 Å². The van der Waals surface area contributed by atoms with Gasteiger partial charge in [-0.3, -0.25) is 0 Å². The van der Waals surface area contributed by atoms with Crippen molar-refractivity contribution in [2.24, 2.45) is 0 Å². The third-order valence-electron chi connectivity index (χ3n) is 2.75. The maximum Gasteiger partial charge on any atom is 0.340 e. The summed E-state index contributed by atoms with van der Waals surface area (Å²) >= 11 is 13.4. The highest BCUT2D eigenvalue weighted by molar-refractivity contribution is 7.98. The Morgan fingerprint density at radius 3 is 2.67 bits per heavy atom. The van der Waals surface area contributed by atoms with Crippen LogP contribution in [0.25, 0.3) is 0 Å². The lowest BCUT2D eigenvalue weighted by Gasteiger charge is -2.09. The number of aryl methyl sites for hydroxylation is 2. The predicted octanol–water partition coefficient (Wildman–Crippen LogP) is 4.39. The molecule has 0 radical (unpaired) electrons. The number of thioether (sulfide) groups is 1. The number of carbonyl (C=O) groups is 1. The Kier molecular flexibility index (Phi) is 5.08. The summed E-state index contributed by atoms with van der Waals surface area (Å²) in [4.78, 5) is 19.7. The zero-order chi connectivity index (χ0) is 15.6. The van der Waals surface area contributed by atoms with Gasteiger partial charge in [0.25, 0.3) is 0 Å². The number of halogens is 2. The maximum absolute atomic E-state index is 11.3. The van der Waals surface area contributed by atoms with E-state index in [1.165, 1.54) is 11.8 Å². The van der Waals surface area contributed by atoms with Gasteiger partial charge in [-0.05, 0) is 37.6 Å². The number of carboxylic acid groups (broad SMARTS) is 1. The molecular formula is C14H12Cl2N2O2S. The third-order valence-corrected chi connectivity index (χ3v) is 4.38. The fourth-order valence-electron chi connectivity index (χ4n) is 1.83. The van der Waals surface area contributed by atoms with Gasteiger partial charge in [-0.25, -0.2) is 14.8 Å². The summed E-state index contributed by atoms with van der Waals surface area (Å²) in [6, 6.07) is 5.19. The van der Waals surface area contributed by atoms with Gasteiger partial charge >= 0.3 is 5.97 Å². The molecule has 0 aliphatic rings. The molecule has 0 fully saturated rings. The molecule has 2 rings (SSSR count). The Balaban J connectivity index is 2.31. The van der Waals surface area contributed by atoms with E-state index in [0.717, 1.165) is 5.56 Å². The molecule has 0 aliphatic heterocycles. The average molecular weight is 343 g/mol. The van der Waals surface area contributed by atoms with E-state index in [1.54, 1.807) is 32.0 Å². The van der Waals surface area contributed by atoms with Crippen LogP contribution in [0.15, 0.2) is 23.2 Å². The van der Waals surface area contributed by atoms with Crippen LogP contribution in [-0.4, -0.2) is 21.0 Å². The van der Waals surface area contributed by atoms with E-state index in [4.69, 9.17) is 23.2 Å². The predicted molar refractivity (Wildman–Crippen MR) is 84.5 cm³/mol. The number of aromatic nitrogens is 2. The fourth-order valence-corrected chi connectivity index (χ4v) is 3.40. The molecule has 0 saturated heterocycles. The van der Waals surface area contributed by atoms with Crippen molar-refractivity contribution in [3.05, 3.63) is 50.9 Å². The van der Waals surface area contributed by atoms with Crippen molar-refractivity contribution in [3.8, 4) is 0 Å². The summed E-state index contributed by atoms with van der Waals surface area (Å²) in [7, 11) is 0. The highest BCUT2D eigenvalue weighted by Crippen LogP contribution is 2.30. The molecule has 0 unspecified atom stereocenters. The Hall–Kier alpha value is -1.30. The first-order valence-corrected chi connectivity index (χ1v) is 7.78. The quantitative estimate of drug-likeness (QED) is 0.659. The molecular weight excluding hydrogens is 331 g/mol. The van der Waals surface area contributed by atoms with Crippen molar-refractivity contribution in [2.45, 2.75) is 24.6 Å². The first kappa shape index (κ1) is 16.1. The van der Waals surface area contributed by atoms with Crippen molar-refractivity contribution in [2.75, 3.05) is 0 Å². The van der Waals surface area contributed by atoms with Gasteiger partial charge in [0.05, 0.1) is 5.69 Å². The molecule has 0 amide bonds. The molecule has 0 spiro atoms. The molecule has 1 aromatic heterocycles. The summed E-state index contributed by atoms with van der Waals surface area (Å²) < 4.78 is 0. The number of nitrogens with zero attached hydrogens (tertiary/aromatic N) is 2. The number of carboxylic acids is 1. The van der Waals surface area contributed by atoms with Crippen LogP contribution in [0.3, 0.4) is 0 Å². The minimum absolute atomic E-state index is 0.128. The Morgan fingerprint density at radius 2 is 2.00 bits per heavy atom.